The highest BCUT2D eigenvalue weighted by molar-refractivity contribution is 5.72. The molecule has 0 spiro atoms. The van der Waals surface area contributed by atoms with E-state index in [0.717, 1.165) is 12.1 Å². The predicted octanol–water partition coefficient (Wildman–Crippen LogP) is 1.32. The highest BCUT2D eigenvalue weighted by Gasteiger charge is 2.40. The smallest absolute Gasteiger partial charge is 0.307 e. The lowest BCUT2D eigenvalue weighted by atomic mass is 9.71. The third-order valence-electron chi connectivity index (χ3n) is 5.37. The maximum absolute atomic E-state index is 12.0. The number of carbonyl (C=O) groups is 1. The molecule has 1 aromatic heterocycles. The lowest BCUT2D eigenvalue weighted by molar-refractivity contribution is -0.636. The molecule has 7 nitrogen and oxygen atoms in total. The number of H-pyrrole nitrogens is 1. The number of nitrogens with zero attached hydrogens (tertiary/aromatic N) is 3. The highest BCUT2D eigenvalue weighted by Crippen LogP contribution is 2.39. The summed E-state index contributed by atoms with van der Waals surface area (Å²) in [5, 5.41) is 26.5. The third-order valence-corrected chi connectivity index (χ3v) is 5.37. The third kappa shape index (κ3) is 4.09. The van der Waals surface area contributed by atoms with Crippen LogP contribution < -0.4 is 5.32 Å². The standard InChI is InChI=1S/C19H27N5O2/c1-19(2,3)16(18(25)26)15(17-21-23-24-22-17)10-12-4-6-13(7-5-12)14-8-9-20-11-14/h4-7,14-16,20H,8-11H2,1-3H3,(H,25,26)(H,21,22,23,24)/p+1/t14?,15-,16-/m0/s1. The fourth-order valence-corrected chi connectivity index (χ4v) is 4.07. The van der Waals surface area contributed by atoms with Crippen molar-refractivity contribution in [3.63, 3.8) is 0 Å². The molecule has 1 aromatic carbocycles. The molecule has 3 rings (SSSR count). The zero-order chi connectivity index (χ0) is 18.7. The van der Waals surface area contributed by atoms with Gasteiger partial charge in [0, 0.05) is 18.3 Å². The van der Waals surface area contributed by atoms with Crippen LogP contribution in [0.3, 0.4) is 0 Å². The van der Waals surface area contributed by atoms with Crippen LogP contribution in [0.5, 0.6) is 0 Å². The first-order valence-corrected chi connectivity index (χ1v) is 9.23. The van der Waals surface area contributed by atoms with Crippen molar-refractivity contribution < 1.29 is 15.2 Å². The molecule has 0 bridgehead atoms. The van der Waals surface area contributed by atoms with Gasteiger partial charge in [0.15, 0.2) is 5.82 Å². The summed E-state index contributed by atoms with van der Waals surface area (Å²) in [5.41, 5.74) is 2.04. The molecule has 3 atom stereocenters. The number of hydrogen-bond donors (Lipinski definition) is 3. The normalized spacial score (nSPS) is 20.0. The van der Waals surface area contributed by atoms with Gasteiger partial charge in [-0.3, -0.25) is 4.79 Å². The van der Waals surface area contributed by atoms with Crippen LogP contribution in [0.1, 0.15) is 56.0 Å². The number of aliphatic carboxylic acids is 1. The molecule has 7 heteroatoms. The van der Waals surface area contributed by atoms with Crippen molar-refractivity contribution in [2.75, 3.05) is 13.1 Å². The van der Waals surface area contributed by atoms with Crippen molar-refractivity contribution in [1.82, 2.24) is 20.6 Å². The van der Waals surface area contributed by atoms with Gasteiger partial charge in [0.1, 0.15) is 0 Å². The second-order valence-electron chi connectivity index (χ2n) is 8.30. The van der Waals surface area contributed by atoms with Crippen molar-refractivity contribution in [3.05, 3.63) is 41.2 Å². The molecule has 1 aliphatic rings. The minimum Gasteiger partial charge on any atom is -0.481 e. The van der Waals surface area contributed by atoms with Crippen LogP contribution in [0.4, 0.5) is 0 Å². The van der Waals surface area contributed by atoms with Gasteiger partial charge in [-0.1, -0.05) is 50.3 Å². The number of carboxylic acid groups (broad SMARTS) is 1. The molecule has 26 heavy (non-hydrogen) atoms. The Morgan fingerprint density at radius 2 is 2.08 bits per heavy atom. The van der Waals surface area contributed by atoms with E-state index in [1.54, 1.807) is 0 Å². The summed E-state index contributed by atoms with van der Waals surface area (Å²) in [5.74, 6) is -0.688. The van der Waals surface area contributed by atoms with Crippen LogP contribution in [-0.2, 0) is 11.2 Å². The maximum Gasteiger partial charge on any atom is 0.307 e. The number of nitrogens with two attached hydrogens (primary N) is 1. The molecular weight excluding hydrogens is 330 g/mol. The van der Waals surface area contributed by atoms with Crippen molar-refractivity contribution >= 4 is 5.97 Å². The molecule has 2 heterocycles. The fourth-order valence-electron chi connectivity index (χ4n) is 4.07. The molecule has 1 unspecified atom stereocenters. The maximum atomic E-state index is 12.0. The van der Waals surface area contributed by atoms with Gasteiger partial charge in [-0.2, -0.15) is 5.21 Å². The topological polar surface area (TPSA) is 108 Å². The largest absolute Gasteiger partial charge is 0.481 e. The summed E-state index contributed by atoms with van der Waals surface area (Å²) in [6, 6.07) is 8.59. The van der Waals surface area contributed by atoms with Crippen LogP contribution in [-0.4, -0.2) is 44.8 Å². The minimum atomic E-state index is -0.828. The number of hydrogen-bond acceptors (Lipinski definition) is 4. The Bertz CT molecular complexity index is 715. The molecule has 4 N–H and O–H groups in total. The Morgan fingerprint density at radius 1 is 1.35 bits per heavy atom. The van der Waals surface area contributed by atoms with Crippen LogP contribution in [0, 0.1) is 11.3 Å². The Morgan fingerprint density at radius 3 is 2.58 bits per heavy atom. The van der Waals surface area contributed by atoms with Crippen LogP contribution in [0.15, 0.2) is 24.3 Å². The SMILES string of the molecule is CC(C)(C)[C@H](C(=O)O)[C@H](Cc1ccc(C2CC[NH2+]C2)cc1)c1nn[nH]n1. The number of rotatable bonds is 6. The lowest BCUT2D eigenvalue weighted by Crippen LogP contribution is -2.81. The van der Waals surface area contributed by atoms with E-state index in [1.165, 1.54) is 18.5 Å². The first-order chi connectivity index (χ1) is 12.4. The van der Waals surface area contributed by atoms with E-state index in [9.17, 15) is 9.90 Å². The van der Waals surface area contributed by atoms with E-state index < -0.39 is 17.3 Å². The lowest BCUT2D eigenvalue weighted by Gasteiger charge is -2.32. The van der Waals surface area contributed by atoms with E-state index in [4.69, 9.17) is 0 Å². The molecule has 2 aromatic rings. The van der Waals surface area contributed by atoms with E-state index in [-0.39, 0.29) is 5.92 Å². The van der Waals surface area contributed by atoms with E-state index in [1.807, 2.05) is 20.8 Å². The Hall–Kier alpha value is -2.28. The number of nitrogens with one attached hydrogen (secondary N) is 1. The Balaban J connectivity index is 1.85. The summed E-state index contributed by atoms with van der Waals surface area (Å²) in [4.78, 5) is 12.0. The van der Waals surface area contributed by atoms with Gasteiger partial charge in [0.25, 0.3) is 0 Å². The van der Waals surface area contributed by atoms with Gasteiger partial charge in [0.05, 0.1) is 19.0 Å². The molecule has 0 amide bonds. The summed E-state index contributed by atoms with van der Waals surface area (Å²) >= 11 is 0. The zero-order valence-electron chi connectivity index (χ0n) is 15.6. The molecule has 140 valence electrons. The quantitative estimate of drug-likeness (QED) is 0.722. The van der Waals surface area contributed by atoms with Crippen LogP contribution in [0.25, 0.3) is 0 Å². The van der Waals surface area contributed by atoms with E-state index in [2.05, 4.69) is 50.2 Å². The summed E-state index contributed by atoms with van der Waals surface area (Å²) in [6.45, 7) is 8.17. The minimum absolute atomic E-state index is 0.336. The molecule has 1 fully saturated rings. The number of carboxylic acids is 1. The second-order valence-corrected chi connectivity index (χ2v) is 8.30. The highest BCUT2D eigenvalue weighted by atomic mass is 16.4. The summed E-state index contributed by atoms with van der Waals surface area (Å²) in [7, 11) is 0. The molecule has 0 saturated carbocycles. The average molecular weight is 358 g/mol. The predicted molar refractivity (Wildman–Crippen MR) is 96.7 cm³/mol. The molecule has 1 aliphatic heterocycles. The molecule has 1 saturated heterocycles. The second kappa shape index (κ2) is 7.53. The van der Waals surface area contributed by atoms with Gasteiger partial charge < -0.3 is 10.4 Å². The average Bonchev–Trinajstić information content (AvgIpc) is 3.27. The summed E-state index contributed by atoms with van der Waals surface area (Å²) < 4.78 is 0. The summed E-state index contributed by atoms with van der Waals surface area (Å²) in [6.07, 6.45) is 1.79. The monoisotopic (exact) mass is 358 g/mol. The van der Waals surface area contributed by atoms with Crippen LogP contribution >= 0.6 is 0 Å². The van der Waals surface area contributed by atoms with Gasteiger partial charge >= 0.3 is 5.97 Å². The van der Waals surface area contributed by atoms with Crippen molar-refractivity contribution in [2.24, 2.45) is 11.3 Å². The number of aromatic nitrogens is 4. The Labute approximate surface area is 153 Å². The van der Waals surface area contributed by atoms with Crippen LogP contribution in [0.2, 0.25) is 0 Å². The van der Waals surface area contributed by atoms with E-state index in [0.29, 0.717) is 18.2 Å². The number of aromatic amines is 1. The zero-order valence-corrected chi connectivity index (χ0v) is 15.6. The van der Waals surface area contributed by atoms with Gasteiger partial charge in [-0.15, -0.1) is 10.2 Å². The van der Waals surface area contributed by atoms with Gasteiger partial charge in [0.2, 0.25) is 0 Å². The van der Waals surface area contributed by atoms with Gasteiger partial charge in [-0.05, 0) is 23.0 Å². The Kier molecular flexibility index (Phi) is 5.36. The van der Waals surface area contributed by atoms with Gasteiger partial charge in [-0.25, -0.2) is 0 Å². The van der Waals surface area contributed by atoms with E-state index >= 15 is 0 Å². The first kappa shape index (κ1) is 18.5. The fraction of sp³-hybridized carbons (Fsp3) is 0.579. The first-order valence-electron chi connectivity index (χ1n) is 9.23. The van der Waals surface area contributed by atoms with Crippen molar-refractivity contribution in [1.29, 1.82) is 0 Å². The number of benzene rings is 1. The molecular formula is C19H28N5O2+. The molecule has 0 radical (unpaired) electrons. The van der Waals surface area contributed by atoms with Crippen molar-refractivity contribution in [3.8, 4) is 0 Å². The number of tetrazole rings is 1. The van der Waals surface area contributed by atoms with Crippen molar-refractivity contribution in [2.45, 2.75) is 45.4 Å². The molecule has 0 aliphatic carbocycles. The number of quaternary nitrogens is 1.